The first-order valence-corrected chi connectivity index (χ1v) is 10.4. The molecule has 2 aromatic rings. The fraction of sp³-hybridized carbons (Fsp3) is 0.0769. The number of benzene rings is 2. The van der Waals surface area contributed by atoms with Crippen molar-refractivity contribution >= 4 is 30.5 Å². The summed E-state index contributed by atoms with van der Waals surface area (Å²) in [5.41, 5.74) is 0. The molecule has 0 unspecified atom stereocenters. The third kappa shape index (κ3) is 5.74. The molecule has 0 nitrogen and oxygen atoms in total. The summed E-state index contributed by atoms with van der Waals surface area (Å²) in [6.07, 6.45) is 2.32. The van der Waals surface area contributed by atoms with Crippen molar-refractivity contribution in [2.24, 2.45) is 0 Å². The molecule has 0 N–H and O–H groups in total. The van der Waals surface area contributed by atoms with Gasteiger partial charge in [0.15, 0.2) is 9.79 Å². The molecule has 2 aromatic carbocycles. The zero-order chi connectivity index (χ0) is 16.7. The van der Waals surface area contributed by atoms with E-state index in [0.717, 1.165) is 0 Å². The van der Waals surface area contributed by atoms with Crippen LogP contribution in [-0.2, 0) is 10.9 Å². The van der Waals surface area contributed by atoms with E-state index in [1.165, 1.54) is 19.6 Å². The van der Waals surface area contributed by atoms with E-state index in [4.69, 9.17) is 0 Å². The first-order valence-electron chi connectivity index (χ1n) is 5.89. The fourth-order valence-corrected chi connectivity index (χ4v) is 5.22. The third-order valence-electron chi connectivity index (χ3n) is 2.58. The molecule has 1 aliphatic rings. The van der Waals surface area contributed by atoms with E-state index >= 15 is 0 Å². The van der Waals surface area contributed by atoms with Gasteiger partial charge in [0.2, 0.25) is 0 Å². The van der Waals surface area contributed by atoms with Crippen LogP contribution in [0.25, 0.3) is 0 Å². The van der Waals surface area contributed by atoms with Gasteiger partial charge in [-0.1, -0.05) is 36.0 Å². The fourth-order valence-electron chi connectivity index (χ4n) is 1.81. The Bertz CT molecular complexity index is 642. The van der Waals surface area contributed by atoms with Gasteiger partial charge in [-0.2, -0.15) is 0 Å². The van der Waals surface area contributed by atoms with Crippen LogP contribution in [0.2, 0.25) is 0 Å². The molecule has 0 saturated heterocycles. The standard InChI is InChI=1S/C13H11S2.F6P/c1-15-12-8-4-2-6-10(12)14-11-7-3-5-9-13(11)15;1-7(2,3,4,5)6/h2-9H,1H3;/q+1;-1. The van der Waals surface area contributed by atoms with Crippen LogP contribution >= 0.6 is 19.6 Å². The summed E-state index contributed by atoms with van der Waals surface area (Å²) in [5.74, 6) is 0. The molecule has 0 saturated carbocycles. The predicted molar refractivity (Wildman–Crippen MR) is 80.4 cm³/mol. The maximum atomic E-state index is 9.87. The van der Waals surface area contributed by atoms with E-state index in [2.05, 4.69) is 54.8 Å². The van der Waals surface area contributed by atoms with Crippen LogP contribution in [0.1, 0.15) is 0 Å². The Kier molecular flexibility index (Phi) is 4.04. The van der Waals surface area contributed by atoms with Gasteiger partial charge in [-0.05, 0) is 24.3 Å². The molecule has 3 rings (SSSR count). The van der Waals surface area contributed by atoms with Crippen LogP contribution < -0.4 is 0 Å². The molecule has 122 valence electrons. The zero-order valence-electron chi connectivity index (χ0n) is 11.2. The molecular weight excluding hydrogens is 365 g/mol. The van der Waals surface area contributed by atoms with Gasteiger partial charge < -0.3 is 0 Å². The SMILES string of the molecule is C[S+]1c2ccccc2Sc2ccccc21.F[P-](F)(F)(F)(F)F. The van der Waals surface area contributed by atoms with Crippen molar-refractivity contribution in [3.05, 3.63) is 48.5 Å². The first kappa shape index (κ1) is 17.5. The number of rotatable bonds is 0. The van der Waals surface area contributed by atoms with Crippen molar-refractivity contribution < 1.29 is 25.2 Å². The molecule has 0 radical (unpaired) electrons. The van der Waals surface area contributed by atoms with E-state index in [9.17, 15) is 25.2 Å². The Balaban J connectivity index is 0.000000217. The minimum atomic E-state index is -10.7. The van der Waals surface area contributed by atoms with Crippen LogP contribution in [0.4, 0.5) is 25.2 Å². The molecule has 1 heterocycles. The molecule has 9 heteroatoms. The first-order chi connectivity index (χ1) is 9.81. The van der Waals surface area contributed by atoms with E-state index in [-0.39, 0.29) is 10.9 Å². The zero-order valence-corrected chi connectivity index (χ0v) is 13.7. The minimum absolute atomic E-state index is 0.239. The molecule has 0 fully saturated rings. The summed E-state index contributed by atoms with van der Waals surface area (Å²) >= 11 is 1.89. The monoisotopic (exact) mass is 376 g/mol. The average molecular weight is 376 g/mol. The number of fused-ring (bicyclic) bond motifs is 2. The Morgan fingerprint density at radius 3 is 1.41 bits per heavy atom. The van der Waals surface area contributed by atoms with E-state index < -0.39 is 7.81 Å². The average Bonchev–Trinajstić information content (AvgIpc) is 2.35. The molecule has 0 bridgehead atoms. The quantitative estimate of drug-likeness (QED) is 0.266. The summed E-state index contributed by atoms with van der Waals surface area (Å²) in [6.45, 7) is 0. The summed E-state index contributed by atoms with van der Waals surface area (Å²) in [5, 5.41) is 0. The van der Waals surface area contributed by atoms with Crippen molar-refractivity contribution in [3.63, 3.8) is 0 Å². The number of halogens is 6. The van der Waals surface area contributed by atoms with Gasteiger partial charge in [-0.15, -0.1) is 0 Å². The summed E-state index contributed by atoms with van der Waals surface area (Å²) in [7, 11) is -10.4. The molecule has 0 aromatic heterocycles. The van der Waals surface area contributed by atoms with Gasteiger partial charge in [0.1, 0.15) is 6.26 Å². The second-order valence-electron chi connectivity index (χ2n) is 4.46. The second-order valence-corrected chi connectivity index (χ2v) is 9.36. The van der Waals surface area contributed by atoms with Gasteiger partial charge in [-0.25, -0.2) is 0 Å². The van der Waals surface area contributed by atoms with Crippen LogP contribution in [0.15, 0.2) is 68.1 Å². The predicted octanol–water partition coefficient (Wildman–Crippen LogP) is 7.20. The van der Waals surface area contributed by atoms with E-state index in [1.807, 2.05) is 11.8 Å². The van der Waals surface area contributed by atoms with Crippen LogP contribution in [0.3, 0.4) is 0 Å². The summed E-state index contributed by atoms with van der Waals surface area (Å²) in [4.78, 5) is 5.81. The topological polar surface area (TPSA) is 0 Å². The van der Waals surface area contributed by atoms with E-state index in [1.54, 1.807) is 0 Å². The molecule has 0 amide bonds. The van der Waals surface area contributed by atoms with E-state index in [0.29, 0.717) is 0 Å². The third-order valence-corrected chi connectivity index (χ3v) is 6.02. The van der Waals surface area contributed by atoms with Crippen molar-refractivity contribution in [1.82, 2.24) is 0 Å². The Morgan fingerprint density at radius 1 is 0.727 bits per heavy atom. The molecule has 0 aliphatic carbocycles. The van der Waals surface area contributed by atoms with Gasteiger partial charge in [0.25, 0.3) is 0 Å². The number of hydrogen-bond donors (Lipinski definition) is 0. The van der Waals surface area contributed by atoms with Crippen molar-refractivity contribution in [1.29, 1.82) is 0 Å². The Morgan fingerprint density at radius 2 is 1.05 bits per heavy atom. The van der Waals surface area contributed by atoms with Gasteiger partial charge in [0, 0.05) is 0 Å². The molecule has 0 atom stereocenters. The second kappa shape index (κ2) is 5.08. The van der Waals surface area contributed by atoms with Crippen LogP contribution in [0, 0.1) is 0 Å². The van der Waals surface area contributed by atoms with Gasteiger partial charge in [-0.3, -0.25) is 0 Å². The van der Waals surface area contributed by atoms with Gasteiger partial charge in [0.05, 0.1) is 20.7 Å². The van der Waals surface area contributed by atoms with Crippen molar-refractivity contribution in [3.8, 4) is 0 Å². The molecule has 22 heavy (non-hydrogen) atoms. The van der Waals surface area contributed by atoms with Crippen molar-refractivity contribution in [2.45, 2.75) is 19.6 Å². The molecular formula is C13H11F6PS2. The molecule has 0 spiro atoms. The molecule has 1 aliphatic heterocycles. The normalized spacial score (nSPS) is 17.2. The summed E-state index contributed by atoms with van der Waals surface area (Å²) in [6, 6.07) is 17.5. The van der Waals surface area contributed by atoms with Crippen LogP contribution in [-0.4, -0.2) is 6.26 Å². The van der Waals surface area contributed by atoms with Crippen LogP contribution in [0.5, 0.6) is 0 Å². The number of hydrogen-bond acceptors (Lipinski definition) is 1. The summed E-state index contributed by atoms with van der Waals surface area (Å²) < 4.78 is 59.2. The maximum absolute atomic E-state index is 10.7. The Hall–Kier alpha value is -0.850. The van der Waals surface area contributed by atoms with Crippen molar-refractivity contribution in [2.75, 3.05) is 6.26 Å². The Labute approximate surface area is 130 Å². The van der Waals surface area contributed by atoms with Gasteiger partial charge >= 0.3 is 33.0 Å².